The molecule has 0 aliphatic carbocycles. The molecule has 3 fully saturated rings. The van der Waals surface area contributed by atoms with E-state index in [1.807, 2.05) is 41.0 Å². The summed E-state index contributed by atoms with van der Waals surface area (Å²) in [5, 5.41) is 9.23. The van der Waals surface area contributed by atoms with E-state index in [-0.39, 0.29) is 24.3 Å². The lowest BCUT2D eigenvalue weighted by molar-refractivity contribution is -0.143. The zero-order chi connectivity index (χ0) is 31.9. The summed E-state index contributed by atoms with van der Waals surface area (Å²) in [5.41, 5.74) is 0.735. The average Bonchev–Trinajstić information content (AvgIpc) is 3.58. The van der Waals surface area contributed by atoms with Crippen LogP contribution in [-0.4, -0.2) is 87.6 Å². The molecule has 3 saturated heterocycles. The molecular weight excluding hydrogens is 574 g/mol. The zero-order valence-corrected chi connectivity index (χ0v) is 27.7. The van der Waals surface area contributed by atoms with Crippen molar-refractivity contribution in [2.24, 2.45) is 11.8 Å². The number of hydrogen-bond acceptors (Lipinski definition) is 6. The molecule has 1 aromatic carbocycles. The van der Waals surface area contributed by atoms with Gasteiger partial charge >= 0.3 is 0 Å². The first-order valence-electron chi connectivity index (χ1n) is 16.4. The van der Waals surface area contributed by atoms with Gasteiger partial charge in [-0.1, -0.05) is 38.3 Å². The van der Waals surface area contributed by atoms with Gasteiger partial charge in [-0.15, -0.1) is 24.9 Å². The van der Waals surface area contributed by atoms with E-state index in [0.717, 1.165) is 62.8 Å². The monoisotopic (exact) mass is 625 g/mol. The summed E-state index contributed by atoms with van der Waals surface area (Å²) in [4.78, 5) is 49.1. The number of likely N-dealkylation sites (tertiary alicyclic amines) is 1. The number of carbonyl (C=O) groups excluding carboxylic acids is 3. The summed E-state index contributed by atoms with van der Waals surface area (Å²) >= 11 is 1.72. The van der Waals surface area contributed by atoms with Gasteiger partial charge in [0, 0.05) is 43.2 Å². The Hall–Kier alpha value is -2.78. The lowest BCUT2D eigenvalue weighted by Crippen LogP contribution is -2.55. The lowest BCUT2D eigenvalue weighted by atomic mass is 9.66. The number of ether oxygens (including phenoxy) is 1. The minimum absolute atomic E-state index is 0.0242. The predicted molar refractivity (Wildman–Crippen MR) is 178 cm³/mol. The van der Waals surface area contributed by atoms with E-state index in [4.69, 9.17) is 4.74 Å². The molecule has 5 atom stereocenters. The standard InChI is InChI=1S/C35H51N3O5S/c1-6-10-23-36(21-7-2)33(42)30-35-20-19-34(5,44-35)28(29(35)32(41)38(30)24-13-11-12-14-25-39)31(40)37(22-8-3)26-15-17-27(18-16-26)43-9-4/h7-8,15-18,28-30,39H,2-3,6,9-14,19-25H2,1,4-5H3/t28-,29+,30?,34+,35?/m1/s1. The fourth-order valence-electron chi connectivity index (χ4n) is 7.55. The number of rotatable bonds is 18. The molecule has 9 heteroatoms. The molecule has 1 spiro atoms. The minimum Gasteiger partial charge on any atom is -0.494 e. The molecule has 3 aliphatic heterocycles. The van der Waals surface area contributed by atoms with Gasteiger partial charge in [-0.2, -0.15) is 0 Å². The van der Waals surface area contributed by atoms with Gasteiger partial charge in [-0.05, 0) is 70.2 Å². The second-order valence-corrected chi connectivity index (χ2v) is 14.4. The Balaban J connectivity index is 1.71. The summed E-state index contributed by atoms with van der Waals surface area (Å²) in [6.07, 6.45) is 10.0. The van der Waals surface area contributed by atoms with Crippen molar-refractivity contribution < 1.29 is 24.2 Å². The topological polar surface area (TPSA) is 90.4 Å². The summed E-state index contributed by atoms with van der Waals surface area (Å²) in [6, 6.07) is 6.87. The molecule has 0 saturated carbocycles. The molecule has 2 bridgehead atoms. The van der Waals surface area contributed by atoms with Crippen LogP contribution in [0.25, 0.3) is 0 Å². The van der Waals surface area contributed by atoms with Crippen molar-refractivity contribution in [3.05, 3.63) is 49.6 Å². The molecule has 8 nitrogen and oxygen atoms in total. The first-order valence-corrected chi connectivity index (χ1v) is 17.2. The number of anilines is 1. The van der Waals surface area contributed by atoms with Gasteiger partial charge in [0.1, 0.15) is 11.8 Å². The van der Waals surface area contributed by atoms with E-state index in [2.05, 4.69) is 27.0 Å². The fraction of sp³-hybridized carbons (Fsp3) is 0.629. The SMILES string of the molecule is C=CCN(CCCC)C(=O)C1N(CCCCCCO)C(=O)[C@@H]2[C@H](C(=O)N(CC=C)c3ccc(OCC)cc3)[C@]3(C)CCC12S3. The molecule has 3 amide bonds. The molecule has 4 rings (SSSR count). The zero-order valence-electron chi connectivity index (χ0n) is 26.8. The number of aliphatic hydroxyl groups is 1. The smallest absolute Gasteiger partial charge is 0.247 e. The third kappa shape index (κ3) is 6.45. The van der Waals surface area contributed by atoms with Gasteiger partial charge in [0.25, 0.3) is 0 Å². The van der Waals surface area contributed by atoms with Crippen LogP contribution in [0.2, 0.25) is 0 Å². The van der Waals surface area contributed by atoms with Crippen LogP contribution in [-0.2, 0) is 14.4 Å². The van der Waals surface area contributed by atoms with Gasteiger partial charge in [-0.25, -0.2) is 0 Å². The Labute approximate surface area is 267 Å². The summed E-state index contributed by atoms with van der Waals surface area (Å²) < 4.78 is 4.50. The van der Waals surface area contributed by atoms with E-state index in [1.165, 1.54) is 0 Å². The van der Waals surface area contributed by atoms with Gasteiger partial charge < -0.3 is 24.5 Å². The quantitative estimate of drug-likeness (QED) is 0.172. The number of benzene rings is 1. The molecule has 0 aromatic heterocycles. The lowest BCUT2D eigenvalue weighted by Gasteiger charge is -2.38. The number of aliphatic hydroxyl groups excluding tert-OH is 1. The van der Waals surface area contributed by atoms with Crippen LogP contribution in [0.1, 0.15) is 72.1 Å². The van der Waals surface area contributed by atoms with Gasteiger partial charge in [-0.3, -0.25) is 14.4 Å². The van der Waals surface area contributed by atoms with Crippen molar-refractivity contribution in [2.45, 2.75) is 87.7 Å². The van der Waals surface area contributed by atoms with Crippen LogP contribution in [0.5, 0.6) is 5.75 Å². The number of amides is 3. The first-order chi connectivity index (χ1) is 21.2. The van der Waals surface area contributed by atoms with Crippen LogP contribution in [0.15, 0.2) is 49.6 Å². The van der Waals surface area contributed by atoms with Gasteiger partial charge in [0.15, 0.2) is 0 Å². The second kappa shape index (κ2) is 15.0. The number of unbranched alkanes of at least 4 members (excludes halogenated alkanes) is 4. The maximum absolute atomic E-state index is 14.7. The Morgan fingerprint density at radius 3 is 2.39 bits per heavy atom. The van der Waals surface area contributed by atoms with E-state index >= 15 is 0 Å². The van der Waals surface area contributed by atoms with Crippen molar-refractivity contribution in [3.63, 3.8) is 0 Å². The molecule has 3 heterocycles. The highest BCUT2D eigenvalue weighted by molar-refractivity contribution is 8.02. The molecule has 3 aliphatic rings. The van der Waals surface area contributed by atoms with Crippen molar-refractivity contribution in [1.29, 1.82) is 0 Å². The third-order valence-corrected chi connectivity index (χ3v) is 11.5. The molecule has 1 N–H and O–H groups in total. The minimum atomic E-state index is -0.654. The first kappa shape index (κ1) is 34.1. The Kier molecular flexibility index (Phi) is 11.6. The summed E-state index contributed by atoms with van der Waals surface area (Å²) in [7, 11) is 0. The normalized spacial score (nSPS) is 26.9. The number of carbonyl (C=O) groups is 3. The highest BCUT2D eigenvalue weighted by atomic mass is 32.2. The molecule has 1 aromatic rings. The highest BCUT2D eigenvalue weighted by Crippen LogP contribution is 2.71. The number of thioether (sulfide) groups is 1. The molecule has 44 heavy (non-hydrogen) atoms. The third-order valence-electron chi connectivity index (χ3n) is 9.56. The van der Waals surface area contributed by atoms with E-state index in [0.29, 0.717) is 32.8 Å². The fourth-order valence-corrected chi connectivity index (χ4v) is 9.89. The molecule has 2 unspecified atom stereocenters. The van der Waals surface area contributed by atoms with E-state index in [9.17, 15) is 19.5 Å². The van der Waals surface area contributed by atoms with Crippen LogP contribution < -0.4 is 9.64 Å². The number of fused-ring (bicyclic) bond motifs is 1. The number of hydrogen-bond donors (Lipinski definition) is 1. The predicted octanol–water partition coefficient (Wildman–Crippen LogP) is 5.45. The van der Waals surface area contributed by atoms with Crippen molar-refractivity contribution in [2.75, 3.05) is 44.3 Å². The Morgan fingerprint density at radius 2 is 1.75 bits per heavy atom. The second-order valence-electron chi connectivity index (χ2n) is 12.5. The maximum atomic E-state index is 14.7. The molecule has 0 radical (unpaired) electrons. The van der Waals surface area contributed by atoms with E-state index < -0.39 is 27.4 Å². The van der Waals surface area contributed by atoms with Crippen molar-refractivity contribution in [1.82, 2.24) is 9.80 Å². The van der Waals surface area contributed by atoms with Crippen LogP contribution in [0, 0.1) is 11.8 Å². The average molecular weight is 626 g/mol. The van der Waals surface area contributed by atoms with E-state index in [1.54, 1.807) is 28.8 Å². The highest BCUT2D eigenvalue weighted by Gasteiger charge is 2.77. The Morgan fingerprint density at radius 1 is 1.05 bits per heavy atom. The van der Waals surface area contributed by atoms with Crippen LogP contribution >= 0.6 is 11.8 Å². The molecular formula is C35H51N3O5S. The molecule has 242 valence electrons. The van der Waals surface area contributed by atoms with Crippen LogP contribution in [0.4, 0.5) is 5.69 Å². The number of nitrogens with zero attached hydrogens (tertiary/aromatic N) is 3. The Bertz CT molecular complexity index is 1190. The summed E-state index contributed by atoms with van der Waals surface area (Å²) in [5.74, 6) is -0.579. The van der Waals surface area contributed by atoms with Crippen LogP contribution in [0.3, 0.4) is 0 Å². The largest absolute Gasteiger partial charge is 0.494 e. The van der Waals surface area contributed by atoms with Crippen molar-refractivity contribution >= 4 is 35.2 Å². The van der Waals surface area contributed by atoms with Crippen molar-refractivity contribution in [3.8, 4) is 5.75 Å². The van der Waals surface area contributed by atoms with Gasteiger partial charge in [0.05, 0.1) is 23.2 Å². The summed E-state index contributed by atoms with van der Waals surface area (Å²) in [6.45, 7) is 16.5. The van der Waals surface area contributed by atoms with Gasteiger partial charge in [0.2, 0.25) is 17.7 Å². The maximum Gasteiger partial charge on any atom is 0.247 e.